The largest absolute Gasteiger partial charge is 0.465 e. The van der Waals surface area contributed by atoms with Crippen LogP contribution < -0.4 is 5.32 Å². The summed E-state index contributed by atoms with van der Waals surface area (Å²) < 4.78 is 9.68. The lowest BCUT2D eigenvalue weighted by molar-refractivity contribution is 0.0601. The van der Waals surface area contributed by atoms with Gasteiger partial charge in [0, 0.05) is 10.9 Å². The number of methoxy groups -OCH3 is 2. The molecule has 0 unspecified atom stereocenters. The summed E-state index contributed by atoms with van der Waals surface area (Å²) in [7, 11) is 2.47. The van der Waals surface area contributed by atoms with E-state index in [2.05, 4.69) is 10.3 Å². The Bertz CT molecular complexity index is 1500. The molecule has 0 atom stereocenters. The van der Waals surface area contributed by atoms with Gasteiger partial charge in [-0.3, -0.25) is 4.79 Å². The Morgan fingerprint density at radius 1 is 0.943 bits per heavy atom. The van der Waals surface area contributed by atoms with Crippen LogP contribution in [0.25, 0.3) is 22.2 Å². The monoisotopic (exact) mass is 528 g/mol. The van der Waals surface area contributed by atoms with Crippen LogP contribution in [-0.4, -0.2) is 37.0 Å². The fourth-order valence-electron chi connectivity index (χ4n) is 3.57. The Kier molecular flexibility index (Phi) is 7.07. The molecule has 0 aliphatic carbocycles. The van der Waals surface area contributed by atoms with E-state index in [-0.39, 0.29) is 15.4 Å². The molecule has 0 saturated heterocycles. The number of nitrogens with one attached hydrogen (secondary N) is 1. The van der Waals surface area contributed by atoms with Crippen molar-refractivity contribution in [1.29, 1.82) is 0 Å². The number of pyridine rings is 1. The number of carbonyl (C=O) groups is 3. The van der Waals surface area contributed by atoms with E-state index in [1.165, 1.54) is 14.2 Å². The maximum atomic E-state index is 13.5. The molecule has 7 nitrogen and oxygen atoms in total. The number of aromatic nitrogens is 1. The number of nitrogens with zero attached hydrogens (tertiary/aromatic N) is 1. The first-order valence-corrected chi connectivity index (χ1v) is 11.8. The molecule has 2 heterocycles. The van der Waals surface area contributed by atoms with Gasteiger partial charge < -0.3 is 14.8 Å². The third kappa shape index (κ3) is 4.73. The predicted octanol–water partition coefficient (Wildman–Crippen LogP) is 6.40. The maximum Gasteiger partial charge on any atom is 0.348 e. The molecule has 0 spiro atoms. The topological polar surface area (TPSA) is 94.6 Å². The fraction of sp³-hybridized carbons (Fsp3) is 0.120. The molecule has 0 fully saturated rings. The van der Waals surface area contributed by atoms with Crippen LogP contribution in [0.4, 0.5) is 5.00 Å². The van der Waals surface area contributed by atoms with Gasteiger partial charge in [0.15, 0.2) is 0 Å². The van der Waals surface area contributed by atoms with Crippen molar-refractivity contribution >= 4 is 68.3 Å². The van der Waals surface area contributed by atoms with Crippen LogP contribution in [0.1, 0.15) is 36.0 Å². The van der Waals surface area contributed by atoms with Gasteiger partial charge in [0.05, 0.1) is 46.6 Å². The van der Waals surface area contributed by atoms with Crippen LogP contribution in [0.5, 0.6) is 0 Å². The lowest BCUT2D eigenvalue weighted by atomic mass is 10.0. The number of anilines is 1. The van der Waals surface area contributed by atoms with Crippen molar-refractivity contribution in [2.24, 2.45) is 0 Å². The minimum absolute atomic E-state index is 0.0920. The molecular weight excluding hydrogens is 511 g/mol. The van der Waals surface area contributed by atoms with E-state index in [0.29, 0.717) is 43.3 Å². The van der Waals surface area contributed by atoms with Gasteiger partial charge in [0.1, 0.15) is 9.88 Å². The number of hydrogen-bond acceptors (Lipinski definition) is 7. The smallest absolute Gasteiger partial charge is 0.348 e. The number of benzene rings is 2. The highest BCUT2D eigenvalue weighted by atomic mass is 35.5. The molecule has 1 N–H and O–H groups in total. The number of halogens is 2. The zero-order valence-corrected chi connectivity index (χ0v) is 21.1. The molecular formula is C25H18Cl2N2O5S. The summed E-state index contributed by atoms with van der Waals surface area (Å²) in [6.07, 6.45) is 0. The van der Waals surface area contributed by atoms with E-state index in [4.69, 9.17) is 32.7 Å². The molecule has 0 radical (unpaired) electrons. The van der Waals surface area contributed by atoms with Gasteiger partial charge in [0.2, 0.25) is 0 Å². The van der Waals surface area contributed by atoms with E-state index < -0.39 is 17.8 Å². The number of ether oxygens (including phenoxy) is 2. The molecule has 10 heteroatoms. The molecule has 4 aromatic rings. The fourth-order valence-corrected chi connectivity index (χ4v) is 4.98. The normalized spacial score (nSPS) is 10.8. The number of thiophene rings is 1. The first-order valence-electron chi connectivity index (χ1n) is 10.2. The van der Waals surface area contributed by atoms with Crippen LogP contribution in [-0.2, 0) is 9.47 Å². The number of esters is 2. The van der Waals surface area contributed by atoms with Crippen LogP contribution in [0.2, 0.25) is 10.0 Å². The second-order valence-electron chi connectivity index (χ2n) is 7.40. The van der Waals surface area contributed by atoms with Crippen molar-refractivity contribution in [1.82, 2.24) is 4.98 Å². The van der Waals surface area contributed by atoms with Gasteiger partial charge >= 0.3 is 11.9 Å². The van der Waals surface area contributed by atoms with Crippen molar-refractivity contribution in [2.45, 2.75) is 6.92 Å². The molecule has 35 heavy (non-hydrogen) atoms. The summed E-state index contributed by atoms with van der Waals surface area (Å²) in [6, 6.07) is 13.9. The summed E-state index contributed by atoms with van der Waals surface area (Å²) in [6.45, 7) is 1.59. The molecule has 0 aliphatic rings. The van der Waals surface area contributed by atoms with Crippen molar-refractivity contribution in [3.8, 4) is 11.3 Å². The van der Waals surface area contributed by atoms with E-state index >= 15 is 0 Å². The summed E-state index contributed by atoms with van der Waals surface area (Å²) in [5.41, 5.74) is 2.55. The van der Waals surface area contributed by atoms with Crippen molar-refractivity contribution in [2.75, 3.05) is 19.5 Å². The van der Waals surface area contributed by atoms with Gasteiger partial charge in [-0.05, 0) is 36.8 Å². The Morgan fingerprint density at radius 2 is 1.66 bits per heavy atom. The number of carbonyl (C=O) groups excluding carboxylic acids is 3. The Morgan fingerprint density at radius 3 is 2.34 bits per heavy atom. The molecule has 2 aromatic carbocycles. The number of hydrogen-bond donors (Lipinski definition) is 1. The van der Waals surface area contributed by atoms with E-state index in [1.807, 2.05) is 6.07 Å². The summed E-state index contributed by atoms with van der Waals surface area (Å²) in [5.74, 6) is -1.79. The summed E-state index contributed by atoms with van der Waals surface area (Å²) in [4.78, 5) is 43.0. The number of rotatable bonds is 5. The van der Waals surface area contributed by atoms with Crippen molar-refractivity contribution in [3.63, 3.8) is 0 Å². The molecule has 0 aliphatic heterocycles. The van der Waals surface area contributed by atoms with E-state index in [1.54, 1.807) is 49.4 Å². The lowest BCUT2D eigenvalue weighted by Gasteiger charge is -2.11. The van der Waals surface area contributed by atoms with Gasteiger partial charge in [-0.25, -0.2) is 14.6 Å². The van der Waals surface area contributed by atoms with Crippen LogP contribution in [0, 0.1) is 6.92 Å². The van der Waals surface area contributed by atoms with E-state index in [9.17, 15) is 14.4 Å². The average Bonchev–Trinajstić information content (AvgIpc) is 3.19. The van der Waals surface area contributed by atoms with Crippen molar-refractivity contribution < 1.29 is 23.9 Å². The second-order valence-corrected chi connectivity index (χ2v) is 9.23. The number of fused-ring (bicyclic) bond motifs is 1. The lowest BCUT2D eigenvalue weighted by Crippen LogP contribution is -2.15. The van der Waals surface area contributed by atoms with Gasteiger partial charge in [-0.2, -0.15) is 0 Å². The third-order valence-electron chi connectivity index (χ3n) is 5.31. The predicted molar refractivity (Wildman–Crippen MR) is 137 cm³/mol. The summed E-state index contributed by atoms with van der Waals surface area (Å²) in [5, 5.41) is 4.31. The van der Waals surface area contributed by atoms with Gasteiger partial charge in [-0.1, -0.05) is 47.5 Å². The van der Waals surface area contributed by atoms with Crippen molar-refractivity contribution in [3.05, 3.63) is 80.1 Å². The minimum atomic E-state index is -0.680. The molecule has 4 rings (SSSR count). The molecule has 1 amide bonds. The van der Waals surface area contributed by atoms with Crippen LogP contribution in [0.15, 0.2) is 48.5 Å². The summed E-state index contributed by atoms with van der Waals surface area (Å²) >= 11 is 13.2. The minimum Gasteiger partial charge on any atom is -0.465 e. The number of para-hydroxylation sites is 1. The molecule has 0 bridgehead atoms. The van der Waals surface area contributed by atoms with Gasteiger partial charge in [0.25, 0.3) is 5.91 Å². The number of amides is 1. The Hall–Kier alpha value is -3.46. The third-order valence-corrected chi connectivity index (χ3v) is 7.24. The Labute approximate surface area is 214 Å². The first-order chi connectivity index (χ1) is 16.7. The van der Waals surface area contributed by atoms with Crippen LogP contribution >= 0.6 is 34.5 Å². The standard InChI is InChI=1S/C25H18Cl2N2O5S/c1-12-20(24(31)33-2)23(35-21(12)25(32)34-3)29-22(30)15-11-19(13-8-9-16(26)17(27)10-13)28-18-7-5-4-6-14(15)18/h4-11H,1-3H3,(H,29,30). The second kappa shape index (κ2) is 10.0. The quantitative estimate of drug-likeness (QED) is 0.301. The highest BCUT2D eigenvalue weighted by Crippen LogP contribution is 2.35. The Balaban J connectivity index is 1.83. The zero-order chi connectivity index (χ0) is 25.3. The van der Waals surface area contributed by atoms with Crippen LogP contribution in [0.3, 0.4) is 0 Å². The maximum absolute atomic E-state index is 13.5. The van der Waals surface area contributed by atoms with Gasteiger partial charge in [-0.15, -0.1) is 11.3 Å². The van der Waals surface area contributed by atoms with E-state index in [0.717, 1.165) is 11.3 Å². The highest BCUT2D eigenvalue weighted by Gasteiger charge is 2.27. The SMILES string of the molecule is COC(=O)c1sc(NC(=O)c2cc(-c3ccc(Cl)c(Cl)c3)nc3ccccc23)c(C(=O)OC)c1C. The molecule has 2 aromatic heterocycles. The molecule has 178 valence electrons. The first kappa shape index (κ1) is 24.7. The highest BCUT2D eigenvalue weighted by molar-refractivity contribution is 7.18. The average molecular weight is 529 g/mol. The zero-order valence-electron chi connectivity index (χ0n) is 18.8. The molecule has 0 saturated carbocycles.